The molecule has 4 aromatic heterocycles. The number of hydrogen-bond donors (Lipinski definition) is 0. The van der Waals surface area contributed by atoms with E-state index in [-0.39, 0.29) is 0 Å². The van der Waals surface area contributed by atoms with Gasteiger partial charge in [-0.05, 0) is 54.6 Å². The predicted molar refractivity (Wildman–Crippen MR) is 165 cm³/mol. The molecule has 5 nitrogen and oxygen atoms in total. The Morgan fingerprint density at radius 3 is 2.25 bits per heavy atom. The van der Waals surface area contributed by atoms with E-state index in [4.69, 9.17) is 4.98 Å². The summed E-state index contributed by atoms with van der Waals surface area (Å²) in [5.41, 5.74) is 9.62. The maximum Gasteiger partial charge on any atom is 0.140 e. The van der Waals surface area contributed by atoms with E-state index < -0.39 is 0 Å². The minimum atomic E-state index is 0.934. The molecular weight excluding hydrogens is 510 g/mol. The molecule has 0 radical (unpaired) electrons. The van der Waals surface area contributed by atoms with Crippen molar-refractivity contribution in [3.63, 3.8) is 0 Å². The van der Waals surface area contributed by atoms with E-state index in [1.54, 1.807) is 11.3 Å². The summed E-state index contributed by atoms with van der Waals surface area (Å²) in [5, 5.41) is 5.43. The molecule has 0 amide bonds. The highest BCUT2D eigenvalue weighted by molar-refractivity contribution is 7.13. The number of nitrogens with zero attached hydrogens (tertiary/aromatic N) is 5. The van der Waals surface area contributed by atoms with Crippen LogP contribution in [0, 0.1) is 0 Å². The molecule has 0 saturated heterocycles. The van der Waals surface area contributed by atoms with Gasteiger partial charge in [0.1, 0.15) is 10.8 Å². The second kappa shape index (κ2) is 9.00. The monoisotopic (exact) mass is 533 g/mol. The highest BCUT2D eigenvalue weighted by Crippen LogP contribution is 2.37. The summed E-state index contributed by atoms with van der Waals surface area (Å²) in [4.78, 5) is 14.3. The van der Waals surface area contributed by atoms with E-state index >= 15 is 0 Å². The fourth-order valence-corrected chi connectivity index (χ4v) is 6.33. The van der Waals surface area contributed by atoms with Crippen LogP contribution in [0.3, 0.4) is 0 Å². The van der Waals surface area contributed by atoms with Gasteiger partial charge in [0, 0.05) is 58.0 Å². The van der Waals surface area contributed by atoms with E-state index in [0.717, 1.165) is 61.0 Å². The van der Waals surface area contributed by atoms with E-state index in [9.17, 15) is 0 Å². The van der Waals surface area contributed by atoms with Gasteiger partial charge in [0.15, 0.2) is 0 Å². The second-order valence-electron chi connectivity index (χ2n) is 9.89. The lowest BCUT2D eigenvalue weighted by atomic mass is 10.1. The van der Waals surface area contributed by atoms with E-state index in [1.807, 2.05) is 36.0 Å². The number of thiazole rings is 1. The van der Waals surface area contributed by atoms with Crippen LogP contribution < -0.4 is 0 Å². The number of fused-ring (bicyclic) bond motifs is 4. The molecule has 0 aliphatic rings. The number of pyridine rings is 1. The summed E-state index contributed by atoms with van der Waals surface area (Å²) in [6.07, 6.45) is 3.70. The first kappa shape index (κ1) is 22.9. The summed E-state index contributed by atoms with van der Waals surface area (Å²) in [7, 11) is 2.08. The van der Waals surface area contributed by atoms with Crippen LogP contribution in [0.2, 0.25) is 0 Å². The van der Waals surface area contributed by atoms with Crippen LogP contribution in [0.5, 0.6) is 0 Å². The SMILES string of the molecule is Cn1c(-c2ccc3c4ccccc4n(-c4cc(-c5ccccn5)cc(-c5nccs5)c4)c3c2)nc2ccccc21. The molecule has 0 unspecified atom stereocenters. The zero-order chi connectivity index (χ0) is 26.6. The van der Waals surface area contributed by atoms with E-state index in [2.05, 4.69) is 111 Å². The smallest absolute Gasteiger partial charge is 0.140 e. The quantitative estimate of drug-likeness (QED) is 0.228. The molecule has 0 atom stereocenters. The Morgan fingerprint density at radius 2 is 1.43 bits per heavy atom. The van der Waals surface area contributed by atoms with Crippen molar-refractivity contribution < 1.29 is 0 Å². The average Bonchev–Trinajstić information content (AvgIpc) is 3.74. The van der Waals surface area contributed by atoms with E-state index in [1.165, 1.54) is 10.8 Å². The van der Waals surface area contributed by atoms with Crippen LogP contribution in [0.25, 0.3) is 71.7 Å². The Bertz CT molecular complexity index is 2170. The predicted octanol–water partition coefficient (Wildman–Crippen LogP) is 8.52. The Kier molecular flexibility index (Phi) is 5.15. The van der Waals surface area contributed by atoms with Crippen LogP contribution >= 0.6 is 11.3 Å². The zero-order valence-electron chi connectivity index (χ0n) is 21.7. The molecular formula is C34H23N5S. The highest BCUT2D eigenvalue weighted by atomic mass is 32.1. The van der Waals surface area contributed by atoms with Gasteiger partial charge >= 0.3 is 0 Å². The maximum atomic E-state index is 4.99. The first-order chi connectivity index (χ1) is 19.7. The number of imidazole rings is 1. The topological polar surface area (TPSA) is 48.5 Å². The molecule has 40 heavy (non-hydrogen) atoms. The van der Waals surface area contributed by atoms with Gasteiger partial charge in [-0.15, -0.1) is 11.3 Å². The van der Waals surface area contributed by atoms with Crippen molar-refractivity contribution in [3.05, 3.63) is 121 Å². The number of rotatable bonds is 4. The third kappa shape index (κ3) is 3.57. The molecule has 190 valence electrons. The Morgan fingerprint density at radius 1 is 0.625 bits per heavy atom. The number of aromatic nitrogens is 5. The average molecular weight is 534 g/mol. The van der Waals surface area contributed by atoms with Gasteiger partial charge in [-0.2, -0.15) is 0 Å². The summed E-state index contributed by atoms with van der Waals surface area (Å²) in [6.45, 7) is 0. The standard InChI is InChI=1S/C34H23N5S/c1-38-31-12-5-3-10-29(31)37-33(38)22-13-14-27-26-8-2-4-11-30(26)39(32(27)21-22)25-19-23(28-9-6-7-15-35-28)18-24(20-25)34-36-16-17-40-34/h2-21H,1H3. The number of benzene rings is 4. The molecule has 8 rings (SSSR count). The molecule has 0 N–H and O–H groups in total. The molecule has 0 aliphatic carbocycles. The maximum absolute atomic E-state index is 4.99. The minimum Gasteiger partial charge on any atom is -0.327 e. The first-order valence-corrected chi connectivity index (χ1v) is 14.0. The molecule has 0 saturated carbocycles. The lowest BCUT2D eigenvalue weighted by Crippen LogP contribution is -1.97. The fraction of sp³-hybridized carbons (Fsp3) is 0.0294. The Labute approximate surface area is 234 Å². The van der Waals surface area contributed by atoms with Gasteiger partial charge in [-0.3, -0.25) is 4.98 Å². The van der Waals surface area contributed by atoms with E-state index in [0.29, 0.717) is 0 Å². The zero-order valence-corrected chi connectivity index (χ0v) is 22.5. The normalized spacial score (nSPS) is 11.6. The summed E-state index contributed by atoms with van der Waals surface area (Å²) >= 11 is 1.64. The molecule has 0 bridgehead atoms. The second-order valence-corrected chi connectivity index (χ2v) is 10.8. The van der Waals surface area contributed by atoms with Gasteiger partial charge in [-0.25, -0.2) is 9.97 Å². The highest BCUT2D eigenvalue weighted by Gasteiger charge is 2.17. The largest absolute Gasteiger partial charge is 0.327 e. The van der Waals surface area contributed by atoms with Gasteiger partial charge < -0.3 is 9.13 Å². The molecule has 0 spiro atoms. The van der Waals surface area contributed by atoms with Gasteiger partial charge in [0.25, 0.3) is 0 Å². The van der Waals surface area contributed by atoms with Gasteiger partial charge in [0.05, 0.1) is 27.8 Å². The number of para-hydroxylation sites is 3. The van der Waals surface area contributed by atoms with Crippen molar-refractivity contribution in [3.8, 4) is 38.9 Å². The minimum absolute atomic E-state index is 0.934. The van der Waals surface area contributed by atoms with Crippen molar-refractivity contribution in [2.75, 3.05) is 0 Å². The van der Waals surface area contributed by atoms with Crippen molar-refractivity contribution in [1.82, 2.24) is 24.1 Å². The molecule has 6 heteroatoms. The van der Waals surface area contributed by atoms with Gasteiger partial charge in [0.2, 0.25) is 0 Å². The van der Waals surface area contributed by atoms with Gasteiger partial charge in [-0.1, -0.05) is 48.5 Å². The van der Waals surface area contributed by atoms with Crippen LogP contribution in [0.4, 0.5) is 0 Å². The van der Waals surface area contributed by atoms with Crippen LogP contribution in [0.15, 0.2) is 121 Å². The molecule has 0 fully saturated rings. The number of hydrogen-bond acceptors (Lipinski definition) is 4. The third-order valence-electron chi connectivity index (χ3n) is 7.54. The molecule has 0 aliphatic heterocycles. The van der Waals surface area contributed by atoms with Crippen LogP contribution in [-0.2, 0) is 7.05 Å². The first-order valence-electron chi connectivity index (χ1n) is 13.2. The Hall–Kier alpha value is -5.07. The molecule has 8 aromatic rings. The summed E-state index contributed by atoms with van der Waals surface area (Å²) < 4.78 is 4.53. The van der Waals surface area contributed by atoms with Crippen molar-refractivity contribution >= 4 is 44.2 Å². The van der Waals surface area contributed by atoms with Crippen molar-refractivity contribution in [1.29, 1.82) is 0 Å². The summed E-state index contributed by atoms with van der Waals surface area (Å²) in [6, 6.07) is 36.3. The van der Waals surface area contributed by atoms with Crippen LogP contribution in [0.1, 0.15) is 0 Å². The Balaban J connectivity index is 1.42. The van der Waals surface area contributed by atoms with Crippen molar-refractivity contribution in [2.24, 2.45) is 7.05 Å². The molecule has 4 heterocycles. The number of aryl methyl sites for hydroxylation is 1. The third-order valence-corrected chi connectivity index (χ3v) is 8.36. The lowest BCUT2D eigenvalue weighted by molar-refractivity contribution is 0.959. The van der Waals surface area contributed by atoms with Crippen molar-refractivity contribution in [2.45, 2.75) is 0 Å². The summed E-state index contributed by atoms with van der Waals surface area (Å²) in [5.74, 6) is 0.950. The molecule has 4 aromatic carbocycles. The van der Waals surface area contributed by atoms with Crippen LogP contribution in [-0.4, -0.2) is 24.1 Å². The lowest BCUT2D eigenvalue weighted by Gasteiger charge is -2.13. The fourth-order valence-electron chi connectivity index (χ4n) is 5.70.